The highest BCUT2D eigenvalue weighted by atomic mass is 16.5. The number of rotatable bonds is 36. The Hall–Kier alpha value is -15.4. The third-order valence-corrected chi connectivity index (χ3v) is 24.1. The molecular weight excluding hydrogens is 1880 g/mol. The minimum absolute atomic E-state index is 0.00639. The molecule has 36 nitrogen and oxygen atoms in total. The molecule has 0 spiro atoms. The van der Waals surface area contributed by atoms with Crippen LogP contribution < -0.4 is 122 Å². The number of nitrogens with two attached hydrogens (primary N) is 11. The molecule has 0 bridgehead atoms. The second-order valence-corrected chi connectivity index (χ2v) is 39.9. The van der Waals surface area contributed by atoms with E-state index in [4.69, 9.17) is 86.8 Å². The average Bonchev–Trinajstić information content (AvgIpc) is 1.21. The molecule has 26 N–H and O–H groups in total. The summed E-state index contributed by atoms with van der Waals surface area (Å²) in [5.41, 5.74) is 72.6. The number of allylic oxidation sites excluding steroid dienone is 1. The molecule has 802 valence electrons. The van der Waals surface area contributed by atoms with E-state index >= 15 is 0 Å². The molecule has 36 heteroatoms. The lowest BCUT2D eigenvalue weighted by molar-refractivity contribution is -0.913. The van der Waals surface area contributed by atoms with Crippen LogP contribution in [0.25, 0.3) is 0 Å². The highest BCUT2D eigenvalue weighted by molar-refractivity contribution is 5.93. The number of pyridine rings is 3. The number of nitrogen functional groups attached to an aromatic ring is 11. The van der Waals surface area contributed by atoms with Gasteiger partial charge in [-0.05, 0) is 180 Å². The molecule has 0 aliphatic carbocycles. The summed E-state index contributed by atoms with van der Waals surface area (Å²) in [5, 5.41) is 11.9. The predicted molar refractivity (Wildman–Crippen MR) is 609 cm³/mol. The Bertz CT molecular complexity index is 6000. The first-order valence-corrected chi connectivity index (χ1v) is 50.5. The van der Waals surface area contributed by atoms with Gasteiger partial charge in [-0.25, -0.2) is 27.8 Å². The van der Waals surface area contributed by atoms with Gasteiger partial charge in [-0.2, -0.15) is 0 Å². The summed E-state index contributed by atoms with van der Waals surface area (Å²) >= 11 is 0. The van der Waals surface area contributed by atoms with Crippen molar-refractivity contribution in [2.24, 2.45) is 7.05 Å². The molecule has 3 amide bonds. The van der Waals surface area contributed by atoms with Gasteiger partial charge in [0.25, 0.3) is 17.7 Å². The third kappa shape index (κ3) is 51.5. The fourth-order valence-electron chi connectivity index (χ4n) is 14.9. The first-order chi connectivity index (χ1) is 71.0. The minimum atomic E-state index is -0.00639. The number of piperazine rings is 2. The highest BCUT2D eigenvalue weighted by Crippen LogP contribution is 2.27. The standard InChI is InChI=1S/C15H27N4O.C14H22N4O.C13H16N3O.C13H21N3O.C13H15N2O.C12H17N4.C12H15N2O.C11H17N3O.C10H18N3O/c1-18-6-9-19(2,10-7-18)8-3-11-20-15-5-4-13(16)12-14(15)17;1-17-6-8-18(2,9-7-17)11-14(19)16-13-5-3-4-12(15)10-13;14-11-4-5-13(12(15)10-11)17-9-8-16-6-2-1-3-7-16;1-4-16(3,5-2)10-13(17)15-12-8-6-7-11(14)9-12;14-12-5-4-6-13(11-12)16-10-9-15-7-2-1-3-8-15;1-15-7-8-16(10-15)6-5-14-12-4-2-3-11(13)9-12;13-11-4-3-5-12(10-11)15-9-8-14-6-1-2-7-14;1-14(2,3)8-11(15)13-10-6-4-5-9(12)7-10;1-13(2,3)7-8-14-9-5-4-6-12-10(9)11/h4-5,12H,3,6-11,16-17H2,1-2H3;3-5,10H,6-9,11,15H2,1-2H3;1-7,10H,8-9,14-15H2;6-9H,4-5,10,14H2,1-3H3;1-8,11H,9-10,14H2;2-4,7-10,14H,5-6,13H2,1H3;1,3-7,10H,2,8-9,13H2;4-7H,8,12H2,1-3H3;4-6H,7-8H2,1-3H3,(H2,11,12)/q+1;;+1;;3*+1;;+1/p+3. The Kier molecular flexibility index (Phi) is 51.1. The summed E-state index contributed by atoms with van der Waals surface area (Å²) in [7, 11) is 25.2. The number of amides is 3. The lowest BCUT2D eigenvalue weighted by Crippen LogP contribution is -2.58. The van der Waals surface area contributed by atoms with Crippen LogP contribution in [-0.2, 0) is 41.1 Å². The quantitative estimate of drug-likeness (QED) is 0.00751. The number of ether oxygens (including phenoxy) is 5. The zero-order valence-corrected chi connectivity index (χ0v) is 90.3. The van der Waals surface area contributed by atoms with Gasteiger partial charge in [-0.1, -0.05) is 48.5 Å². The Morgan fingerprint density at radius 1 is 0.430 bits per heavy atom. The summed E-state index contributed by atoms with van der Waals surface area (Å²) < 4.78 is 42.6. The number of imidazole rings is 1. The smallest absolute Gasteiger partial charge is 0.279 e. The summed E-state index contributed by atoms with van der Waals surface area (Å²) in [6.07, 6.45) is 24.2. The Morgan fingerprint density at radius 2 is 0.852 bits per heavy atom. The van der Waals surface area contributed by atoms with Gasteiger partial charge in [0.2, 0.25) is 6.33 Å². The molecule has 7 heterocycles. The third-order valence-electron chi connectivity index (χ3n) is 24.1. The van der Waals surface area contributed by atoms with Crippen molar-refractivity contribution < 1.29 is 78.8 Å². The lowest BCUT2D eigenvalue weighted by Gasteiger charge is -2.41. The van der Waals surface area contributed by atoms with Crippen LogP contribution in [0.1, 0.15) is 26.7 Å². The topological polar surface area (TPSA) is 471 Å². The van der Waals surface area contributed by atoms with Crippen molar-refractivity contribution in [1.82, 2.24) is 19.4 Å². The van der Waals surface area contributed by atoms with Crippen LogP contribution in [0, 0.1) is 0 Å². The fraction of sp³-hybridized carbons (Fsp3) is 0.363. The zero-order chi connectivity index (χ0) is 109. The van der Waals surface area contributed by atoms with E-state index in [1.165, 1.54) is 26.2 Å². The monoisotopic (exact) mass is 2050 g/mol. The molecule has 3 aliphatic heterocycles. The number of quaternary nitrogens is 5. The molecule has 0 atom stereocenters. The molecule has 0 unspecified atom stereocenters. The van der Waals surface area contributed by atoms with E-state index < -0.39 is 0 Å². The van der Waals surface area contributed by atoms with Crippen LogP contribution in [0.5, 0.6) is 28.7 Å². The van der Waals surface area contributed by atoms with Crippen molar-refractivity contribution in [2.45, 2.75) is 46.3 Å². The van der Waals surface area contributed by atoms with E-state index in [1.807, 2.05) is 244 Å². The summed E-state index contributed by atoms with van der Waals surface area (Å²) in [5.74, 6) is 4.26. The second kappa shape index (κ2) is 63.2. The molecule has 12 aromatic rings. The van der Waals surface area contributed by atoms with Gasteiger partial charge in [0.1, 0.15) is 81.1 Å². The van der Waals surface area contributed by atoms with Crippen molar-refractivity contribution >= 4 is 109 Å². The van der Waals surface area contributed by atoms with Crippen LogP contribution in [0.3, 0.4) is 0 Å². The number of nitrogens with one attached hydrogen (secondary N) is 4. The second-order valence-electron chi connectivity index (χ2n) is 39.9. The maximum atomic E-state index is 12.1. The number of aromatic nitrogens is 5. The minimum Gasteiger partial charge on any atom is -0.491 e. The maximum absolute atomic E-state index is 12.1. The molecule has 2 saturated heterocycles. The molecule has 15 rings (SSSR count). The molecule has 149 heavy (non-hydrogen) atoms. The number of hydrogen-bond donors (Lipinski definition) is 15. The van der Waals surface area contributed by atoms with Gasteiger partial charge in [0, 0.05) is 150 Å². The number of anilines is 15. The summed E-state index contributed by atoms with van der Waals surface area (Å²) in [6.45, 7) is 26.1. The Balaban J connectivity index is 0.000000227. The Labute approximate surface area is 883 Å². The van der Waals surface area contributed by atoms with E-state index in [0.717, 1.165) is 173 Å². The van der Waals surface area contributed by atoms with E-state index in [9.17, 15) is 14.4 Å². The van der Waals surface area contributed by atoms with Crippen molar-refractivity contribution in [3.63, 3.8) is 0 Å². The van der Waals surface area contributed by atoms with Crippen molar-refractivity contribution in [3.8, 4) is 28.7 Å². The largest absolute Gasteiger partial charge is 0.491 e. The summed E-state index contributed by atoms with van der Waals surface area (Å²) in [6, 6.07) is 70.7. The van der Waals surface area contributed by atoms with Gasteiger partial charge < -0.3 is 130 Å². The van der Waals surface area contributed by atoms with Crippen molar-refractivity contribution in [3.05, 3.63) is 293 Å². The van der Waals surface area contributed by atoms with Crippen LogP contribution >= 0.6 is 0 Å². The van der Waals surface area contributed by atoms with E-state index in [2.05, 4.69) is 151 Å². The Morgan fingerprint density at radius 3 is 1.28 bits per heavy atom. The van der Waals surface area contributed by atoms with Crippen molar-refractivity contribution in [2.75, 3.05) is 306 Å². The molecule has 2 fully saturated rings. The predicted octanol–water partition coefficient (Wildman–Crippen LogP) is 10.5. The SMILES string of the molecule is CC[N+](C)(CC)CC(=O)Nc1cccc(N)c1.CN1CC[N+](C)(CC(=O)Nc2cccc(N)c2)CC1.CN1CC[N+](C)(CCCOc2ccc(N)cc2N)CC1.C[N+](C)(C)CC(=O)Nc1cccc(N)c1.C[N+](C)(C)CCOc1cccnc1N.C[n+]1ccn(CCNc2cccc(N)c2)c1.Nc1ccc(OCC[n+]2ccccc2)c(N)c1.Nc1cccc(OCC[N+]2=CCC=C2)c1.Nc1cccc(OCC[n+]2ccccc2)c1. The zero-order valence-electron chi connectivity index (χ0n) is 90.3. The van der Waals surface area contributed by atoms with Crippen LogP contribution in [0.2, 0.25) is 0 Å². The molecule has 8 aromatic carbocycles. The number of nitrogens with zero attached hydrogens (tertiary/aromatic N) is 13. The number of aryl methyl sites for hydroxylation is 1. The molecule has 4 aromatic heterocycles. The van der Waals surface area contributed by atoms with Crippen molar-refractivity contribution in [1.29, 1.82) is 0 Å². The van der Waals surface area contributed by atoms with Crippen LogP contribution in [0.4, 0.5) is 85.4 Å². The number of likely N-dealkylation sites (N-methyl/N-ethyl adjacent to an activating group) is 7. The van der Waals surface area contributed by atoms with Gasteiger partial charge in [0.15, 0.2) is 81.8 Å². The average molecular weight is 2050 g/mol. The highest BCUT2D eigenvalue weighted by Gasteiger charge is 2.31. The number of carbonyl (C=O) groups is 3. The fourth-order valence-corrected chi connectivity index (χ4v) is 14.9. The molecule has 0 saturated carbocycles. The van der Waals surface area contributed by atoms with Gasteiger partial charge >= 0.3 is 0 Å². The van der Waals surface area contributed by atoms with Crippen LogP contribution in [0.15, 0.2) is 293 Å². The van der Waals surface area contributed by atoms with Gasteiger partial charge in [-0.15, -0.1) is 0 Å². The van der Waals surface area contributed by atoms with E-state index in [0.29, 0.717) is 114 Å². The maximum Gasteiger partial charge on any atom is 0.279 e. The molecule has 0 radical (unpaired) electrons. The first-order valence-electron chi connectivity index (χ1n) is 50.5. The van der Waals surface area contributed by atoms with Gasteiger partial charge in [0.05, 0.1) is 141 Å². The summed E-state index contributed by atoms with van der Waals surface area (Å²) in [4.78, 5) is 44.2. The van der Waals surface area contributed by atoms with Crippen LogP contribution in [-0.4, -0.2) is 292 Å². The number of hydrogen-bond acceptors (Lipinski definition) is 23. The molecule has 3 aliphatic rings. The van der Waals surface area contributed by atoms with E-state index in [1.54, 1.807) is 60.8 Å². The lowest BCUT2D eigenvalue weighted by atomic mass is 10.2. The molecular formula is C113H171N28O8+9. The van der Waals surface area contributed by atoms with E-state index in [-0.39, 0.29) is 17.7 Å². The normalized spacial score (nSPS) is 13.2. The first kappa shape index (κ1) is 120. The number of carbonyl (C=O) groups excluding carboxylic acids is 3. The number of benzene rings is 8. The van der Waals surface area contributed by atoms with Gasteiger partial charge in [-0.3, -0.25) is 24.2 Å².